The topological polar surface area (TPSA) is 87.1 Å². The molecule has 1 saturated carbocycles. The van der Waals surface area contributed by atoms with E-state index in [0.29, 0.717) is 25.1 Å². The molecule has 0 unspecified atom stereocenters. The van der Waals surface area contributed by atoms with Gasteiger partial charge in [-0.15, -0.1) is 0 Å². The highest BCUT2D eigenvalue weighted by Gasteiger charge is 2.43. The minimum Gasteiger partial charge on any atom is -0.496 e. The molecular formula is C30H42N4O5Si. The zero-order chi connectivity index (χ0) is 28.3. The third-order valence-corrected chi connectivity index (χ3v) is 9.46. The largest absolute Gasteiger partial charge is 0.496 e. The summed E-state index contributed by atoms with van der Waals surface area (Å²) in [6.45, 7) is 12.5. The van der Waals surface area contributed by atoms with E-state index in [-0.39, 0.29) is 11.8 Å². The SMILES string of the molecule is COc1cccc(OC)c1-c1cn(COCC[Si](C)(C)C)c2nc(NC(=O)[C@@H]3C[C@H]3CN3CCOCC3)ccc12. The van der Waals surface area contributed by atoms with Crippen LogP contribution in [0.5, 0.6) is 11.5 Å². The van der Waals surface area contributed by atoms with Crippen molar-refractivity contribution in [3.8, 4) is 22.6 Å². The number of carbonyl (C=O) groups is 1. The average Bonchev–Trinajstić information content (AvgIpc) is 3.63. The van der Waals surface area contributed by atoms with Crippen LogP contribution >= 0.6 is 0 Å². The maximum atomic E-state index is 13.1. The van der Waals surface area contributed by atoms with Gasteiger partial charge in [0.25, 0.3) is 0 Å². The van der Waals surface area contributed by atoms with E-state index in [1.165, 1.54) is 0 Å². The summed E-state index contributed by atoms with van der Waals surface area (Å²) in [5, 5.41) is 4.02. The first kappa shape index (κ1) is 28.6. The number of anilines is 1. The number of methoxy groups -OCH3 is 2. The number of rotatable bonds is 12. The van der Waals surface area contributed by atoms with Crippen LogP contribution in [0.3, 0.4) is 0 Å². The summed E-state index contributed by atoms with van der Waals surface area (Å²) in [5.74, 6) is 2.46. The van der Waals surface area contributed by atoms with Crippen molar-refractivity contribution < 1.29 is 23.7 Å². The van der Waals surface area contributed by atoms with Crippen molar-refractivity contribution in [3.05, 3.63) is 36.5 Å². The van der Waals surface area contributed by atoms with Crippen LogP contribution in [0.15, 0.2) is 36.5 Å². The second-order valence-corrected chi connectivity index (χ2v) is 17.6. The van der Waals surface area contributed by atoms with Gasteiger partial charge in [0, 0.05) is 57.4 Å². The Labute approximate surface area is 237 Å². The molecule has 1 aliphatic carbocycles. The Morgan fingerprint density at radius 3 is 2.50 bits per heavy atom. The van der Waals surface area contributed by atoms with Crippen molar-refractivity contribution in [2.24, 2.45) is 11.8 Å². The molecule has 2 atom stereocenters. The second kappa shape index (κ2) is 12.3. The summed E-state index contributed by atoms with van der Waals surface area (Å²) in [4.78, 5) is 20.4. The van der Waals surface area contributed by atoms with E-state index in [1.807, 2.05) is 41.1 Å². The van der Waals surface area contributed by atoms with Gasteiger partial charge in [-0.05, 0) is 42.6 Å². The van der Waals surface area contributed by atoms with Gasteiger partial charge in [0.05, 0.1) is 33.0 Å². The highest BCUT2D eigenvalue weighted by molar-refractivity contribution is 6.76. The first-order valence-electron chi connectivity index (χ1n) is 14.2. The van der Waals surface area contributed by atoms with Gasteiger partial charge >= 0.3 is 0 Å². The Morgan fingerprint density at radius 2 is 1.82 bits per heavy atom. The summed E-state index contributed by atoms with van der Waals surface area (Å²) in [6.07, 6.45) is 2.96. The molecule has 216 valence electrons. The van der Waals surface area contributed by atoms with E-state index in [2.05, 4.69) is 29.9 Å². The van der Waals surface area contributed by atoms with E-state index in [4.69, 9.17) is 23.9 Å². The molecule has 3 heterocycles. The van der Waals surface area contributed by atoms with Gasteiger partial charge < -0.3 is 28.8 Å². The molecule has 1 saturated heterocycles. The van der Waals surface area contributed by atoms with Crippen molar-refractivity contribution in [2.75, 3.05) is 59.0 Å². The molecule has 10 heteroatoms. The molecule has 0 radical (unpaired) electrons. The zero-order valence-corrected chi connectivity index (χ0v) is 25.4. The molecule has 2 fully saturated rings. The molecule has 5 rings (SSSR count). The number of aromatic nitrogens is 2. The zero-order valence-electron chi connectivity index (χ0n) is 24.4. The Bertz CT molecular complexity index is 1310. The van der Waals surface area contributed by atoms with Crippen LogP contribution in [0.25, 0.3) is 22.2 Å². The van der Waals surface area contributed by atoms with Gasteiger partial charge in [0.1, 0.15) is 29.7 Å². The van der Waals surface area contributed by atoms with E-state index >= 15 is 0 Å². The number of hydrogen-bond donors (Lipinski definition) is 1. The fourth-order valence-electron chi connectivity index (χ4n) is 5.29. The van der Waals surface area contributed by atoms with Crippen molar-refractivity contribution in [1.82, 2.24) is 14.5 Å². The molecular weight excluding hydrogens is 524 g/mol. The smallest absolute Gasteiger partial charge is 0.228 e. The van der Waals surface area contributed by atoms with Crippen molar-refractivity contribution in [2.45, 2.75) is 38.8 Å². The number of nitrogens with zero attached hydrogens (tertiary/aromatic N) is 3. The number of carbonyl (C=O) groups excluding carboxylic acids is 1. The lowest BCUT2D eigenvalue weighted by molar-refractivity contribution is -0.117. The molecule has 0 bridgehead atoms. The molecule has 1 amide bonds. The van der Waals surface area contributed by atoms with E-state index in [1.54, 1.807) is 14.2 Å². The van der Waals surface area contributed by atoms with Gasteiger partial charge in [-0.2, -0.15) is 0 Å². The number of nitrogens with one attached hydrogen (secondary N) is 1. The van der Waals surface area contributed by atoms with Crippen molar-refractivity contribution in [3.63, 3.8) is 0 Å². The lowest BCUT2D eigenvalue weighted by atomic mass is 10.0. The average molecular weight is 567 g/mol. The van der Waals surface area contributed by atoms with Crippen molar-refractivity contribution >= 4 is 30.8 Å². The van der Waals surface area contributed by atoms with Crippen molar-refractivity contribution in [1.29, 1.82) is 0 Å². The van der Waals surface area contributed by atoms with E-state index in [9.17, 15) is 4.79 Å². The molecule has 1 aromatic carbocycles. The molecule has 40 heavy (non-hydrogen) atoms. The number of amides is 1. The molecule has 2 aliphatic rings. The van der Waals surface area contributed by atoms with Crippen LogP contribution in [0.4, 0.5) is 5.82 Å². The highest BCUT2D eigenvalue weighted by atomic mass is 28.3. The first-order valence-corrected chi connectivity index (χ1v) is 17.9. The van der Waals surface area contributed by atoms with Crippen LogP contribution < -0.4 is 14.8 Å². The van der Waals surface area contributed by atoms with Crippen LogP contribution in [0, 0.1) is 11.8 Å². The number of fused-ring (bicyclic) bond motifs is 1. The number of hydrogen-bond acceptors (Lipinski definition) is 7. The number of benzene rings is 1. The standard InChI is InChI=1S/C30H42N4O5Si/c1-36-25-7-6-8-26(37-2)28(25)24-19-34(20-39-15-16-40(3,4)5)29-22(24)9-10-27(31-29)32-30(35)23-17-21(23)18-33-11-13-38-14-12-33/h6-10,19,21,23H,11-18,20H2,1-5H3,(H,31,32,35)/t21-,23+/m0/s1. The predicted octanol–water partition coefficient (Wildman–Crippen LogP) is 4.94. The number of pyridine rings is 1. The Balaban J connectivity index is 1.38. The predicted molar refractivity (Wildman–Crippen MR) is 160 cm³/mol. The molecule has 0 spiro atoms. The van der Waals surface area contributed by atoms with Crippen LogP contribution in [0.2, 0.25) is 25.7 Å². The summed E-state index contributed by atoms with van der Waals surface area (Å²) >= 11 is 0. The maximum absolute atomic E-state index is 13.1. The Morgan fingerprint density at radius 1 is 1.10 bits per heavy atom. The summed E-state index contributed by atoms with van der Waals surface area (Å²) in [5.41, 5.74) is 2.55. The number of morpholine rings is 1. The van der Waals surface area contributed by atoms with E-state index in [0.717, 1.165) is 79.0 Å². The lowest BCUT2D eigenvalue weighted by Crippen LogP contribution is -2.38. The summed E-state index contributed by atoms with van der Waals surface area (Å²) in [7, 11) is 2.11. The fraction of sp³-hybridized carbons (Fsp3) is 0.533. The van der Waals surface area contributed by atoms with Crippen LogP contribution in [0.1, 0.15) is 6.42 Å². The molecule has 1 aliphatic heterocycles. The van der Waals surface area contributed by atoms with E-state index < -0.39 is 8.07 Å². The summed E-state index contributed by atoms with van der Waals surface area (Å²) in [6, 6.07) is 10.7. The lowest BCUT2D eigenvalue weighted by Gasteiger charge is -2.26. The third kappa shape index (κ3) is 6.68. The van der Waals surface area contributed by atoms with Crippen LogP contribution in [-0.2, 0) is 21.0 Å². The molecule has 2 aromatic heterocycles. The monoisotopic (exact) mass is 566 g/mol. The third-order valence-electron chi connectivity index (χ3n) is 7.75. The molecule has 3 aromatic rings. The minimum atomic E-state index is -1.21. The quantitative estimate of drug-likeness (QED) is 0.245. The van der Waals surface area contributed by atoms with Gasteiger partial charge in [0.2, 0.25) is 5.91 Å². The van der Waals surface area contributed by atoms with Gasteiger partial charge in [0.15, 0.2) is 0 Å². The summed E-state index contributed by atoms with van der Waals surface area (Å²) < 4.78 is 25.0. The molecule has 9 nitrogen and oxygen atoms in total. The molecule has 1 N–H and O–H groups in total. The van der Waals surface area contributed by atoms with Gasteiger partial charge in [-0.1, -0.05) is 25.7 Å². The maximum Gasteiger partial charge on any atom is 0.228 e. The Hall–Kier alpha value is -2.92. The first-order chi connectivity index (χ1) is 19.3. The second-order valence-electron chi connectivity index (χ2n) is 12.0. The van der Waals surface area contributed by atoms with Gasteiger partial charge in [-0.3, -0.25) is 9.69 Å². The number of ether oxygens (including phenoxy) is 4. The Kier molecular flexibility index (Phi) is 8.79. The normalized spacial score (nSPS) is 19.5. The highest BCUT2D eigenvalue weighted by Crippen LogP contribution is 2.43. The van der Waals surface area contributed by atoms with Gasteiger partial charge in [-0.25, -0.2) is 4.98 Å². The fourth-order valence-corrected chi connectivity index (χ4v) is 6.05. The minimum absolute atomic E-state index is 0.0328. The van der Waals surface area contributed by atoms with Crippen LogP contribution in [-0.4, -0.2) is 82.1 Å².